The van der Waals surface area contributed by atoms with E-state index in [0.717, 1.165) is 11.1 Å². The van der Waals surface area contributed by atoms with E-state index in [0.29, 0.717) is 27.7 Å². The van der Waals surface area contributed by atoms with E-state index in [1.54, 1.807) is 6.07 Å². The maximum absolute atomic E-state index is 6.15. The van der Waals surface area contributed by atoms with Gasteiger partial charge in [0.25, 0.3) is 0 Å². The van der Waals surface area contributed by atoms with Crippen LogP contribution in [0.4, 0.5) is 0 Å². The predicted molar refractivity (Wildman–Crippen MR) is 79.9 cm³/mol. The summed E-state index contributed by atoms with van der Waals surface area (Å²) in [6.45, 7) is 0.488. The average molecular weight is 346 g/mol. The SMILES string of the molecule is Clc1cc(Cl)c(OCc2ccccc2)c(CBr)c1. The molecule has 4 heteroatoms. The Morgan fingerprint density at radius 1 is 1.06 bits per heavy atom. The lowest BCUT2D eigenvalue weighted by atomic mass is 10.2. The van der Waals surface area contributed by atoms with Gasteiger partial charge < -0.3 is 4.74 Å². The number of benzene rings is 2. The highest BCUT2D eigenvalue weighted by molar-refractivity contribution is 9.08. The lowest BCUT2D eigenvalue weighted by Crippen LogP contribution is -1.98. The van der Waals surface area contributed by atoms with E-state index < -0.39 is 0 Å². The second kappa shape index (κ2) is 6.46. The molecule has 0 spiro atoms. The van der Waals surface area contributed by atoms with Gasteiger partial charge in [-0.2, -0.15) is 0 Å². The minimum Gasteiger partial charge on any atom is -0.487 e. The van der Waals surface area contributed by atoms with Crippen LogP contribution >= 0.6 is 39.1 Å². The molecule has 0 heterocycles. The summed E-state index contributed by atoms with van der Waals surface area (Å²) < 4.78 is 5.78. The summed E-state index contributed by atoms with van der Waals surface area (Å²) in [5, 5.41) is 1.80. The van der Waals surface area contributed by atoms with Crippen molar-refractivity contribution in [2.75, 3.05) is 0 Å². The molecule has 2 rings (SSSR count). The molecular formula is C14H11BrCl2O. The molecule has 2 aromatic rings. The zero-order valence-corrected chi connectivity index (χ0v) is 12.6. The first-order valence-corrected chi connectivity index (χ1v) is 7.29. The molecule has 0 N–H and O–H groups in total. The number of halogens is 3. The van der Waals surface area contributed by atoms with E-state index in [1.165, 1.54) is 0 Å². The van der Waals surface area contributed by atoms with Crippen LogP contribution in [0.25, 0.3) is 0 Å². The molecule has 1 nitrogen and oxygen atoms in total. The fourth-order valence-electron chi connectivity index (χ4n) is 1.60. The smallest absolute Gasteiger partial charge is 0.142 e. The highest BCUT2D eigenvalue weighted by Crippen LogP contribution is 2.34. The largest absolute Gasteiger partial charge is 0.487 e. The third-order valence-corrected chi connectivity index (χ3v) is 3.56. The Bertz CT molecular complexity index is 529. The Morgan fingerprint density at radius 3 is 2.44 bits per heavy atom. The Morgan fingerprint density at radius 2 is 1.78 bits per heavy atom. The lowest BCUT2D eigenvalue weighted by Gasteiger charge is -2.12. The van der Waals surface area contributed by atoms with Gasteiger partial charge in [-0.15, -0.1) is 0 Å². The molecule has 0 saturated carbocycles. The van der Waals surface area contributed by atoms with Crippen LogP contribution in [0, 0.1) is 0 Å². The topological polar surface area (TPSA) is 9.23 Å². The first-order chi connectivity index (χ1) is 8.70. The summed E-state index contributed by atoms with van der Waals surface area (Å²) in [5.74, 6) is 0.682. The van der Waals surface area contributed by atoms with Crippen LogP contribution in [0.3, 0.4) is 0 Å². The first kappa shape index (κ1) is 13.7. The van der Waals surface area contributed by atoms with Crippen LogP contribution in [0.2, 0.25) is 10.0 Å². The van der Waals surface area contributed by atoms with Gasteiger partial charge in [0.1, 0.15) is 12.4 Å². The lowest BCUT2D eigenvalue weighted by molar-refractivity contribution is 0.304. The van der Waals surface area contributed by atoms with Crippen molar-refractivity contribution in [3.05, 3.63) is 63.6 Å². The Hall–Kier alpha value is -0.700. The summed E-state index contributed by atoms with van der Waals surface area (Å²) in [6.07, 6.45) is 0. The fraction of sp³-hybridized carbons (Fsp3) is 0.143. The standard InChI is InChI=1S/C14H11BrCl2O/c15-8-11-6-12(16)7-13(17)14(11)18-9-10-4-2-1-3-5-10/h1-7H,8-9H2. The summed E-state index contributed by atoms with van der Waals surface area (Å²) in [5.41, 5.74) is 2.05. The van der Waals surface area contributed by atoms with Gasteiger partial charge >= 0.3 is 0 Å². The molecule has 0 fully saturated rings. The van der Waals surface area contributed by atoms with Crippen molar-refractivity contribution >= 4 is 39.1 Å². The summed E-state index contributed by atoms with van der Waals surface area (Å²) in [4.78, 5) is 0. The third kappa shape index (κ3) is 3.41. The van der Waals surface area contributed by atoms with Gasteiger partial charge in [0, 0.05) is 15.9 Å². The molecule has 0 atom stereocenters. The van der Waals surface area contributed by atoms with Gasteiger partial charge in [-0.3, -0.25) is 0 Å². The van der Waals surface area contributed by atoms with Gasteiger partial charge in [0.2, 0.25) is 0 Å². The summed E-state index contributed by atoms with van der Waals surface area (Å²) in [6, 6.07) is 13.5. The van der Waals surface area contributed by atoms with Crippen LogP contribution in [-0.4, -0.2) is 0 Å². The second-order valence-corrected chi connectivity index (χ2v) is 5.19. The second-order valence-electron chi connectivity index (χ2n) is 3.78. The van der Waals surface area contributed by atoms with Gasteiger partial charge in [0.15, 0.2) is 0 Å². The zero-order chi connectivity index (χ0) is 13.0. The van der Waals surface area contributed by atoms with Crippen molar-refractivity contribution in [3.8, 4) is 5.75 Å². The van der Waals surface area contributed by atoms with Crippen molar-refractivity contribution < 1.29 is 4.74 Å². The van der Waals surface area contributed by atoms with Crippen LogP contribution in [0.15, 0.2) is 42.5 Å². The molecule has 0 aliphatic carbocycles. The average Bonchev–Trinajstić information content (AvgIpc) is 2.38. The zero-order valence-electron chi connectivity index (χ0n) is 9.50. The fourth-order valence-corrected chi connectivity index (χ4v) is 2.61. The molecule has 2 aromatic carbocycles. The quantitative estimate of drug-likeness (QED) is 0.668. The molecule has 0 aromatic heterocycles. The van der Waals surface area contributed by atoms with Crippen molar-refractivity contribution in [1.82, 2.24) is 0 Å². The van der Waals surface area contributed by atoms with Gasteiger partial charge in [-0.05, 0) is 17.7 Å². The van der Waals surface area contributed by atoms with Crippen molar-refractivity contribution in [2.24, 2.45) is 0 Å². The predicted octanol–water partition coefficient (Wildman–Crippen LogP) is 5.47. The maximum Gasteiger partial charge on any atom is 0.142 e. The van der Waals surface area contributed by atoms with Gasteiger partial charge in [-0.25, -0.2) is 0 Å². The van der Waals surface area contributed by atoms with Crippen molar-refractivity contribution in [2.45, 2.75) is 11.9 Å². The van der Waals surface area contributed by atoms with E-state index in [2.05, 4.69) is 15.9 Å². The summed E-state index contributed by atoms with van der Waals surface area (Å²) in [7, 11) is 0. The number of alkyl halides is 1. The first-order valence-electron chi connectivity index (χ1n) is 5.41. The van der Waals surface area contributed by atoms with E-state index in [4.69, 9.17) is 27.9 Å². The van der Waals surface area contributed by atoms with E-state index in [1.807, 2.05) is 36.4 Å². The van der Waals surface area contributed by atoms with E-state index in [-0.39, 0.29) is 0 Å². The maximum atomic E-state index is 6.15. The summed E-state index contributed by atoms with van der Waals surface area (Å²) >= 11 is 15.5. The van der Waals surface area contributed by atoms with Crippen molar-refractivity contribution in [1.29, 1.82) is 0 Å². The number of hydrogen-bond acceptors (Lipinski definition) is 1. The van der Waals surface area contributed by atoms with E-state index >= 15 is 0 Å². The molecular weight excluding hydrogens is 335 g/mol. The molecule has 94 valence electrons. The molecule has 0 aliphatic rings. The highest BCUT2D eigenvalue weighted by atomic mass is 79.9. The molecule has 0 unspecified atom stereocenters. The van der Waals surface area contributed by atoms with Crippen LogP contribution < -0.4 is 4.74 Å². The molecule has 0 bridgehead atoms. The molecule has 0 amide bonds. The molecule has 18 heavy (non-hydrogen) atoms. The number of rotatable bonds is 4. The Kier molecular flexibility index (Phi) is 4.93. The van der Waals surface area contributed by atoms with Gasteiger partial charge in [-0.1, -0.05) is 69.5 Å². The van der Waals surface area contributed by atoms with Crippen LogP contribution in [0.5, 0.6) is 5.75 Å². The molecule has 0 saturated heterocycles. The van der Waals surface area contributed by atoms with Crippen LogP contribution in [-0.2, 0) is 11.9 Å². The number of hydrogen-bond donors (Lipinski definition) is 0. The Labute approximate surface area is 125 Å². The minimum atomic E-state index is 0.488. The Balaban J connectivity index is 2.19. The minimum absolute atomic E-state index is 0.488. The normalized spacial score (nSPS) is 10.4. The molecule has 0 aliphatic heterocycles. The van der Waals surface area contributed by atoms with Gasteiger partial charge in [0.05, 0.1) is 5.02 Å². The monoisotopic (exact) mass is 344 g/mol. The third-order valence-electron chi connectivity index (χ3n) is 2.46. The van der Waals surface area contributed by atoms with E-state index in [9.17, 15) is 0 Å². The molecule has 0 radical (unpaired) electrons. The number of ether oxygens (including phenoxy) is 1. The van der Waals surface area contributed by atoms with Crippen molar-refractivity contribution in [3.63, 3.8) is 0 Å². The van der Waals surface area contributed by atoms with Crippen LogP contribution in [0.1, 0.15) is 11.1 Å². The highest BCUT2D eigenvalue weighted by Gasteiger charge is 2.10.